The summed E-state index contributed by atoms with van der Waals surface area (Å²) in [7, 11) is 4.74. The molecule has 0 aliphatic heterocycles. The fraction of sp³-hybridized carbons (Fsp3) is 0.379. The number of carbonyl (C=O) groups is 2. The van der Waals surface area contributed by atoms with Crippen LogP contribution in [0.25, 0.3) is 0 Å². The molecule has 0 saturated heterocycles. The van der Waals surface area contributed by atoms with Gasteiger partial charge in [-0.05, 0) is 73.4 Å². The lowest BCUT2D eigenvalue weighted by molar-refractivity contribution is -0.132. The standard InChI is InChI=1S/C29H37N3O6/c1-21-8-10-24(17-22(21)2)30-29(34)32(14-16-35-3)20-28(33)31(19-25-7-6-15-38-25)13-12-23-9-11-26(36-4)27(18-23)37-5/h6-11,15,17-18H,12-14,16,19-20H2,1-5H3,(H,30,34). The van der Waals surface area contributed by atoms with E-state index in [1.807, 2.05) is 56.3 Å². The summed E-state index contributed by atoms with van der Waals surface area (Å²) in [6.07, 6.45) is 2.16. The number of hydrogen-bond acceptors (Lipinski definition) is 6. The molecule has 2 aromatic carbocycles. The molecule has 9 heteroatoms. The number of anilines is 1. The molecule has 1 N–H and O–H groups in total. The number of aryl methyl sites for hydroxylation is 2. The third-order valence-corrected chi connectivity index (χ3v) is 6.33. The zero-order chi connectivity index (χ0) is 27.5. The largest absolute Gasteiger partial charge is 0.493 e. The van der Waals surface area contributed by atoms with Crippen LogP contribution in [-0.2, 0) is 22.5 Å². The Morgan fingerprint density at radius 2 is 1.68 bits per heavy atom. The lowest BCUT2D eigenvalue weighted by Gasteiger charge is -2.27. The van der Waals surface area contributed by atoms with Crippen LogP contribution in [0.3, 0.4) is 0 Å². The van der Waals surface area contributed by atoms with E-state index in [2.05, 4.69) is 5.32 Å². The summed E-state index contributed by atoms with van der Waals surface area (Å²) in [6, 6.07) is 14.6. The Labute approximate surface area is 224 Å². The molecule has 3 amide bonds. The zero-order valence-electron chi connectivity index (χ0n) is 22.8. The molecule has 0 unspecified atom stereocenters. The second-order valence-electron chi connectivity index (χ2n) is 8.98. The van der Waals surface area contributed by atoms with Gasteiger partial charge in [0.05, 0.1) is 33.6 Å². The van der Waals surface area contributed by atoms with Crippen molar-refractivity contribution in [3.05, 3.63) is 77.2 Å². The lowest BCUT2D eigenvalue weighted by Crippen LogP contribution is -2.46. The van der Waals surface area contributed by atoms with Crippen molar-refractivity contribution >= 4 is 17.6 Å². The number of nitrogens with one attached hydrogen (secondary N) is 1. The predicted octanol–water partition coefficient (Wildman–Crippen LogP) is 4.67. The average Bonchev–Trinajstić information content (AvgIpc) is 3.43. The topological polar surface area (TPSA) is 93.5 Å². The van der Waals surface area contributed by atoms with Crippen LogP contribution in [0.15, 0.2) is 59.2 Å². The van der Waals surface area contributed by atoms with Gasteiger partial charge < -0.3 is 33.7 Å². The van der Waals surface area contributed by atoms with Gasteiger partial charge >= 0.3 is 6.03 Å². The fourth-order valence-electron chi connectivity index (χ4n) is 3.92. The van der Waals surface area contributed by atoms with Gasteiger partial charge in [-0.25, -0.2) is 4.79 Å². The molecular weight excluding hydrogens is 486 g/mol. The third kappa shape index (κ3) is 8.01. The number of amides is 3. The highest BCUT2D eigenvalue weighted by molar-refractivity contribution is 5.92. The van der Waals surface area contributed by atoms with E-state index in [1.165, 1.54) is 4.90 Å². The summed E-state index contributed by atoms with van der Waals surface area (Å²) >= 11 is 0. The van der Waals surface area contributed by atoms with E-state index in [0.29, 0.717) is 42.5 Å². The van der Waals surface area contributed by atoms with E-state index in [0.717, 1.165) is 16.7 Å². The molecule has 0 saturated carbocycles. The Bertz CT molecular complexity index is 1200. The van der Waals surface area contributed by atoms with Gasteiger partial charge in [-0.3, -0.25) is 4.79 Å². The van der Waals surface area contributed by atoms with E-state index in [4.69, 9.17) is 18.6 Å². The number of carbonyl (C=O) groups excluding carboxylic acids is 2. The highest BCUT2D eigenvalue weighted by Crippen LogP contribution is 2.28. The number of rotatable bonds is 13. The molecule has 38 heavy (non-hydrogen) atoms. The predicted molar refractivity (Wildman–Crippen MR) is 146 cm³/mol. The molecule has 204 valence electrons. The molecule has 0 aliphatic carbocycles. The Kier molecular flexibility index (Phi) is 10.6. The molecule has 1 heterocycles. The number of ether oxygens (including phenoxy) is 3. The second kappa shape index (κ2) is 14.1. The molecular formula is C29H37N3O6. The fourth-order valence-corrected chi connectivity index (χ4v) is 3.92. The Morgan fingerprint density at radius 3 is 2.34 bits per heavy atom. The molecule has 0 aliphatic rings. The van der Waals surface area contributed by atoms with E-state index >= 15 is 0 Å². The number of urea groups is 1. The van der Waals surface area contributed by atoms with Gasteiger partial charge in [0.25, 0.3) is 0 Å². The molecule has 0 bridgehead atoms. The molecule has 1 aromatic heterocycles. The minimum Gasteiger partial charge on any atom is -0.493 e. The number of methoxy groups -OCH3 is 3. The van der Waals surface area contributed by atoms with Crippen LogP contribution < -0.4 is 14.8 Å². The van der Waals surface area contributed by atoms with E-state index in [1.54, 1.807) is 38.6 Å². The summed E-state index contributed by atoms with van der Waals surface area (Å²) in [4.78, 5) is 29.8. The molecule has 0 fully saturated rings. The van der Waals surface area contributed by atoms with Crippen molar-refractivity contribution in [1.29, 1.82) is 0 Å². The first kappa shape index (κ1) is 28.6. The molecule has 0 atom stereocenters. The maximum absolute atomic E-state index is 13.5. The maximum atomic E-state index is 13.5. The first-order chi connectivity index (χ1) is 18.3. The summed E-state index contributed by atoms with van der Waals surface area (Å²) in [5.74, 6) is 1.73. The molecule has 0 radical (unpaired) electrons. The summed E-state index contributed by atoms with van der Waals surface area (Å²) in [5.41, 5.74) is 3.87. The van der Waals surface area contributed by atoms with Crippen molar-refractivity contribution in [3.8, 4) is 11.5 Å². The van der Waals surface area contributed by atoms with Crippen LogP contribution in [0.4, 0.5) is 10.5 Å². The smallest absolute Gasteiger partial charge is 0.322 e. The number of hydrogen-bond donors (Lipinski definition) is 1. The van der Waals surface area contributed by atoms with E-state index in [-0.39, 0.29) is 31.6 Å². The Morgan fingerprint density at radius 1 is 0.895 bits per heavy atom. The minimum absolute atomic E-state index is 0.104. The summed E-state index contributed by atoms with van der Waals surface area (Å²) in [6.45, 7) is 5.18. The first-order valence-electron chi connectivity index (χ1n) is 12.5. The third-order valence-electron chi connectivity index (χ3n) is 6.33. The number of benzene rings is 2. The van der Waals surface area contributed by atoms with E-state index < -0.39 is 0 Å². The van der Waals surface area contributed by atoms with Crippen LogP contribution in [0.1, 0.15) is 22.5 Å². The van der Waals surface area contributed by atoms with Gasteiger partial charge in [-0.15, -0.1) is 0 Å². The Balaban J connectivity index is 1.74. The SMILES string of the molecule is COCCN(CC(=O)N(CCc1ccc(OC)c(OC)c1)Cc1ccco1)C(=O)Nc1ccc(C)c(C)c1. The van der Waals surface area contributed by atoms with Gasteiger partial charge in [0.15, 0.2) is 11.5 Å². The molecule has 0 spiro atoms. The molecule has 3 rings (SSSR count). The average molecular weight is 524 g/mol. The van der Waals surface area contributed by atoms with Crippen molar-refractivity contribution in [2.45, 2.75) is 26.8 Å². The second-order valence-corrected chi connectivity index (χ2v) is 8.98. The quantitative estimate of drug-likeness (QED) is 0.350. The van der Waals surface area contributed by atoms with Crippen LogP contribution in [-0.4, -0.2) is 69.3 Å². The number of nitrogens with zero attached hydrogens (tertiary/aromatic N) is 2. The summed E-state index contributed by atoms with van der Waals surface area (Å²) < 4.78 is 21.4. The lowest BCUT2D eigenvalue weighted by atomic mass is 10.1. The number of furan rings is 1. The van der Waals surface area contributed by atoms with Gasteiger partial charge in [-0.2, -0.15) is 0 Å². The zero-order valence-corrected chi connectivity index (χ0v) is 22.8. The van der Waals surface area contributed by atoms with Gasteiger partial charge in [-0.1, -0.05) is 12.1 Å². The normalized spacial score (nSPS) is 10.7. The Hall–Kier alpha value is -3.98. The van der Waals surface area contributed by atoms with Crippen LogP contribution in [0.5, 0.6) is 11.5 Å². The molecule has 9 nitrogen and oxygen atoms in total. The first-order valence-corrected chi connectivity index (χ1v) is 12.5. The van der Waals surface area contributed by atoms with Crippen LogP contribution in [0.2, 0.25) is 0 Å². The maximum Gasteiger partial charge on any atom is 0.322 e. The minimum atomic E-state index is -0.364. The van der Waals surface area contributed by atoms with Gasteiger partial charge in [0.2, 0.25) is 5.91 Å². The monoisotopic (exact) mass is 523 g/mol. The van der Waals surface area contributed by atoms with Crippen molar-refractivity contribution in [2.75, 3.05) is 52.9 Å². The van der Waals surface area contributed by atoms with Gasteiger partial charge in [0.1, 0.15) is 12.3 Å². The van der Waals surface area contributed by atoms with Crippen molar-refractivity contribution < 1.29 is 28.2 Å². The van der Waals surface area contributed by atoms with Crippen LogP contribution >= 0.6 is 0 Å². The van der Waals surface area contributed by atoms with E-state index in [9.17, 15) is 9.59 Å². The van der Waals surface area contributed by atoms with Crippen molar-refractivity contribution in [2.24, 2.45) is 0 Å². The highest BCUT2D eigenvalue weighted by atomic mass is 16.5. The van der Waals surface area contributed by atoms with Gasteiger partial charge in [0, 0.05) is 25.9 Å². The van der Waals surface area contributed by atoms with Crippen molar-refractivity contribution in [1.82, 2.24) is 9.80 Å². The van der Waals surface area contributed by atoms with Crippen LogP contribution in [0, 0.1) is 13.8 Å². The molecule has 3 aromatic rings. The van der Waals surface area contributed by atoms with Crippen molar-refractivity contribution in [3.63, 3.8) is 0 Å². The highest BCUT2D eigenvalue weighted by Gasteiger charge is 2.22. The summed E-state index contributed by atoms with van der Waals surface area (Å²) in [5, 5.41) is 2.91.